The van der Waals surface area contributed by atoms with Gasteiger partial charge in [-0.05, 0) is 71.8 Å². The van der Waals surface area contributed by atoms with E-state index in [0.29, 0.717) is 13.0 Å². The number of aromatic nitrogens is 2. The standard InChI is InChI=1S/C41H58FN5O10/c1-11-30-41(7)33(46-38(52)57-41)23(3)31(48)22(2)17-39(5,53-10)35(24(4)34(50)40(6,42)37(51)55-30)56-36-32(49)29(47(8)9)16-28(54-36)20-45-27-14-12-25(13-15-27)26-18-43-21-44-19-26/h12-15,18-19,21-24,28-30,32-33,35-36,45,49H,11,16-17,20H2,1-10H3,(H,46,52)/t22-,23+,24+,28?,29?,30-,32?,33-,35-,36+,39-,40+,41-/m1/s1. The molecule has 0 saturated carbocycles. The molecule has 0 bridgehead atoms. The third-order valence-electron chi connectivity index (χ3n) is 12.2. The second-order valence-corrected chi connectivity index (χ2v) is 16.5. The molecule has 3 fully saturated rings. The first-order valence-corrected chi connectivity index (χ1v) is 19.5. The number of methoxy groups -OCH3 is 1. The first-order valence-electron chi connectivity index (χ1n) is 19.5. The number of Topliss-reactive ketones (excluding diaryl/α,β-unsaturated/α-hetero) is 2. The molecular formula is C41H58FN5O10. The average Bonchev–Trinajstić information content (AvgIpc) is 3.51. The number of ketones is 2. The van der Waals surface area contributed by atoms with E-state index >= 15 is 4.39 Å². The Morgan fingerprint density at radius 3 is 2.26 bits per heavy atom. The van der Waals surface area contributed by atoms with Crippen LogP contribution in [0.3, 0.4) is 0 Å². The SMILES string of the molecule is CC[C@H]1OC(=O)[C@@](C)(F)C(=O)[C@H](C)[C@@H](O[C@@H]2OC(CNc3ccc(-c4cncnc4)cc3)CC(N(C)C)C2O)[C@](C)(OC)C[C@@H](C)C(=O)[C@H](C)[C@H]2NC(=O)O[C@@]21C. The van der Waals surface area contributed by atoms with Crippen molar-refractivity contribution in [3.8, 4) is 11.1 Å². The number of hydrogen-bond donors (Lipinski definition) is 3. The topological polar surface area (TPSA) is 188 Å². The number of hydrogen-bond acceptors (Lipinski definition) is 14. The molecule has 2 aromatic rings. The number of esters is 1. The lowest BCUT2D eigenvalue weighted by Gasteiger charge is -2.47. The van der Waals surface area contributed by atoms with Gasteiger partial charge in [-0.25, -0.2) is 23.9 Å². The van der Waals surface area contributed by atoms with Gasteiger partial charge >= 0.3 is 12.1 Å². The number of halogens is 1. The molecule has 3 aliphatic rings. The van der Waals surface area contributed by atoms with E-state index < -0.39 is 95.3 Å². The van der Waals surface area contributed by atoms with Gasteiger partial charge in [0.2, 0.25) is 0 Å². The number of rotatable bonds is 9. The van der Waals surface area contributed by atoms with Gasteiger partial charge in [-0.15, -0.1) is 0 Å². The zero-order valence-electron chi connectivity index (χ0n) is 34.5. The summed E-state index contributed by atoms with van der Waals surface area (Å²) in [5, 5.41) is 17.8. The summed E-state index contributed by atoms with van der Waals surface area (Å²) in [5.41, 5.74) is -3.58. The number of anilines is 1. The van der Waals surface area contributed by atoms with E-state index in [0.717, 1.165) is 23.7 Å². The van der Waals surface area contributed by atoms with Crippen LogP contribution in [0.4, 0.5) is 14.9 Å². The van der Waals surface area contributed by atoms with Crippen LogP contribution in [-0.4, -0.2) is 131 Å². The highest BCUT2D eigenvalue weighted by Crippen LogP contribution is 2.41. The van der Waals surface area contributed by atoms with Crippen molar-refractivity contribution in [2.75, 3.05) is 33.1 Å². The number of carbonyl (C=O) groups is 4. The lowest BCUT2D eigenvalue weighted by molar-refractivity contribution is -0.296. The maximum Gasteiger partial charge on any atom is 0.408 e. The van der Waals surface area contributed by atoms with Gasteiger partial charge in [-0.2, -0.15) is 0 Å². The quantitative estimate of drug-likeness (QED) is 0.243. The van der Waals surface area contributed by atoms with E-state index in [2.05, 4.69) is 20.6 Å². The highest BCUT2D eigenvalue weighted by Gasteiger charge is 2.59. The minimum Gasteiger partial charge on any atom is -0.455 e. The summed E-state index contributed by atoms with van der Waals surface area (Å²) >= 11 is 0. The predicted octanol–water partition coefficient (Wildman–Crippen LogP) is 4.12. The second kappa shape index (κ2) is 17.4. The van der Waals surface area contributed by atoms with Crippen LogP contribution in [0.5, 0.6) is 0 Å². The lowest BCUT2D eigenvalue weighted by atomic mass is 9.73. The molecule has 13 atom stereocenters. The smallest absolute Gasteiger partial charge is 0.408 e. The van der Waals surface area contributed by atoms with Crippen LogP contribution >= 0.6 is 0 Å². The van der Waals surface area contributed by atoms with Crippen LogP contribution in [0, 0.1) is 17.8 Å². The van der Waals surface area contributed by atoms with Crippen molar-refractivity contribution in [3.63, 3.8) is 0 Å². The maximum atomic E-state index is 16.7. The van der Waals surface area contributed by atoms with Crippen molar-refractivity contribution in [1.82, 2.24) is 20.2 Å². The number of benzene rings is 1. The first-order chi connectivity index (χ1) is 26.8. The fourth-order valence-corrected chi connectivity index (χ4v) is 8.67. The number of nitrogens with one attached hydrogen (secondary N) is 2. The molecule has 15 nitrogen and oxygen atoms in total. The Morgan fingerprint density at radius 1 is 1.02 bits per heavy atom. The number of ether oxygens (including phenoxy) is 5. The van der Waals surface area contributed by atoms with Crippen molar-refractivity contribution in [2.24, 2.45) is 17.8 Å². The zero-order chi connectivity index (χ0) is 42.0. The zero-order valence-corrected chi connectivity index (χ0v) is 34.5. The molecule has 3 saturated heterocycles. The highest BCUT2D eigenvalue weighted by molar-refractivity contribution is 6.08. The number of alkyl carbamates (subject to hydrolysis) is 1. The molecule has 4 heterocycles. The molecule has 0 aliphatic carbocycles. The number of alkyl halides is 1. The number of aliphatic hydroxyl groups is 1. The number of fused-ring (bicyclic) bond motifs is 1. The third-order valence-corrected chi connectivity index (χ3v) is 12.2. The Balaban J connectivity index is 1.46. The Labute approximate surface area is 333 Å². The summed E-state index contributed by atoms with van der Waals surface area (Å²) in [6.07, 6.45) is -1.03. The van der Waals surface area contributed by atoms with Gasteiger partial charge in [0.25, 0.3) is 5.67 Å². The summed E-state index contributed by atoms with van der Waals surface area (Å²) < 4.78 is 47.1. The minimum absolute atomic E-state index is 0.0200. The average molecular weight is 800 g/mol. The van der Waals surface area contributed by atoms with E-state index in [1.165, 1.54) is 27.3 Å². The van der Waals surface area contributed by atoms with Gasteiger partial charge in [0.05, 0.1) is 23.9 Å². The largest absolute Gasteiger partial charge is 0.455 e. The normalized spacial score (nSPS) is 38.1. The Hall–Kier alpha value is -4.09. The van der Waals surface area contributed by atoms with Crippen molar-refractivity contribution >= 4 is 29.3 Å². The van der Waals surface area contributed by atoms with E-state index in [-0.39, 0.29) is 18.6 Å². The Bertz CT molecular complexity index is 1750. The van der Waals surface area contributed by atoms with Crippen LogP contribution in [0.1, 0.15) is 67.7 Å². The van der Waals surface area contributed by atoms with Crippen LogP contribution < -0.4 is 10.6 Å². The summed E-state index contributed by atoms with van der Waals surface area (Å²) in [4.78, 5) is 64.7. The molecule has 3 unspecified atom stereocenters. The van der Waals surface area contributed by atoms with Crippen LogP contribution in [0.15, 0.2) is 43.0 Å². The molecule has 1 amide bonds. The molecule has 314 valence electrons. The van der Waals surface area contributed by atoms with E-state index in [4.69, 9.17) is 23.7 Å². The molecular weight excluding hydrogens is 741 g/mol. The van der Waals surface area contributed by atoms with Gasteiger partial charge < -0.3 is 44.3 Å². The monoisotopic (exact) mass is 799 g/mol. The summed E-state index contributed by atoms with van der Waals surface area (Å²) in [6.45, 7) is 10.7. The van der Waals surface area contributed by atoms with Crippen LogP contribution in [0.2, 0.25) is 0 Å². The molecule has 0 spiro atoms. The predicted molar refractivity (Wildman–Crippen MR) is 207 cm³/mol. The fourth-order valence-electron chi connectivity index (χ4n) is 8.67. The first kappa shape index (κ1) is 44.0. The van der Waals surface area contributed by atoms with Gasteiger partial charge in [0.1, 0.15) is 24.3 Å². The molecule has 1 aromatic heterocycles. The molecule has 0 radical (unpaired) electrons. The van der Waals surface area contributed by atoms with Crippen molar-refractivity contribution < 1.29 is 52.4 Å². The molecule has 3 N–H and O–H groups in total. The lowest BCUT2D eigenvalue weighted by Crippen LogP contribution is -2.62. The van der Waals surface area contributed by atoms with E-state index in [1.54, 1.807) is 40.1 Å². The summed E-state index contributed by atoms with van der Waals surface area (Å²) in [5.74, 6) is -5.88. The molecule has 1 aromatic carbocycles. The van der Waals surface area contributed by atoms with Gasteiger partial charge in [-0.3, -0.25) is 9.59 Å². The fraction of sp³-hybridized carbons (Fsp3) is 0.659. The Morgan fingerprint density at radius 2 is 1.67 bits per heavy atom. The number of likely N-dealkylation sites (N-methyl/N-ethyl adjacent to an activating group) is 1. The van der Waals surface area contributed by atoms with Crippen molar-refractivity contribution in [3.05, 3.63) is 43.0 Å². The minimum atomic E-state index is -3.18. The van der Waals surface area contributed by atoms with Crippen molar-refractivity contribution in [2.45, 2.75) is 127 Å². The van der Waals surface area contributed by atoms with Gasteiger partial charge in [0.15, 0.2) is 17.7 Å². The maximum absolute atomic E-state index is 16.7. The van der Waals surface area contributed by atoms with E-state index in [1.807, 2.05) is 43.3 Å². The highest BCUT2D eigenvalue weighted by atomic mass is 19.1. The second-order valence-electron chi connectivity index (χ2n) is 16.5. The molecule has 16 heteroatoms. The number of carbonyl (C=O) groups excluding carboxylic acids is 4. The van der Waals surface area contributed by atoms with Crippen LogP contribution in [-0.2, 0) is 38.1 Å². The van der Waals surface area contributed by atoms with Crippen molar-refractivity contribution in [1.29, 1.82) is 0 Å². The van der Waals surface area contributed by atoms with Gasteiger partial charge in [-0.1, -0.05) is 39.8 Å². The molecule has 5 rings (SSSR count). The number of amides is 1. The van der Waals surface area contributed by atoms with E-state index in [9.17, 15) is 24.3 Å². The number of aliphatic hydroxyl groups excluding tert-OH is 1. The summed E-state index contributed by atoms with van der Waals surface area (Å²) in [7, 11) is 5.03. The number of nitrogens with zero attached hydrogens (tertiary/aromatic N) is 3. The molecule has 57 heavy (non-hydrogen) atoms. The molecule has 3 aliphatic heterocycles. The summed E-state index contributed by atoms with van der Waals surface area (Å²) in [6, 6.07) is 6.32. The Kier molecular flexibility index (Phi) is 13.4. The van der Waals surface area contributed by atoms with Gasteiger partial charge in [0, 0.05) is 61.1 Å². The number of cyclic esters (lactones) is 1. The van der Waals surface area contributed by atoms with Crippen LogP contribution in [0.25, 0.3) is 11.1 Å². The third kappa shape index (κ3) is 8.99.